The highest BCUT2D eigenvalue weighted by Crippen LogP contribution is 2.50. The van der Waals surface area contributed by atoms with Crippen molar-refractivity contribution in [2.24, 2.45) is 5.11 Å². The first-order valence-electron chi connectivity index (χ1n) is 10.2. The largest absolute Gasteiger partial charge is 0.782 e. The summed E-state index contributed by atoms with van der Waals surface area (Å²) in [5, 5.41) is 7.02. The first-order chi connectivity index (χ1) is 14.3. The molecule has 2 aromatic rings. The third kappa shape index (κ3) is 3.66. The monoisotopic (exact) mass is 426 g/mol. The van der Waals surface area contributed by atoms with Gasteiger partial charge in [-0.15, -0.1) is 0 Å². The van der Waals surface area contributed by atoms with Crippen LogP contribution in [0.15, 0.2) is 77.9 Å². The van der Waals surface area contributed by atoms with Gasteiger partial charge in [-0.05, 0) is 58.9 Å². The quantitative estimate of drug-likeness (QED) is 0.525. The summed E-state index contributed by atoms with van der Waals surface area (Å²) in [4.78, 5) is 0. The van der Waals surface area contributed by atoms with Gasteiger partial charge in [0.05, 0.1) is 17.8 Å². The van der Waals surface area contributed by atoms with Gasteiger partial charge in [0.1, 0.15) is 0 Å². The van der Waals surface area contributed by atoms with Gasteiger partial charge >= 0.3 is 6.89 Å². The minimum Gasteiger partial charge on any atom is -0.578 e. The fourth-order valence-electron chi connectivity index (χ4n) is 3.54. The van der Waals surface area contributed by atoms with Crippen LogP contribution in [0.2, 0.25) is 0 Å². The van der Waals surface area contributed by atoms with Gasteiger partial charge in [0, 0.05) is 10.6 Å². The molecule has 2 aromatic carbocycles. The highest BCUT2D eigenvalue weighted by molar-refractivity contribution is 7.68. The summed E-state index contributed by atoms with van der Waals surface area (Å²) in [6.07, 6.45) is 1.60. The highest BCUT2D eigenvalue weighted by Gasteiger charge is 2.68. The van der Waals surface area contributed by atoms with E-state index in [-0.39, 0.29) is 0 Å². The van der Waals surface area contributed by atoms with E-state index in [1.807, 2.05) is 75.4 Å². The van der Waals surface area contributed by atoms with Crippen molar-refractivity contribution in [1.82, 2.24) is 0 Å². The van der Waals surface area contributed by atoms with E-state index in [2.05, 4.69) is 24.3 Å². The zero-order valence-electron chi connectivity index (χ0n) is 18.1. The molecule has 0 radical (unpaired) electrons. The van der Waals surface area contributed by atoms with E-state index in [1.54, 1.807) is 6.20 Å². The van der Waals surface area contributed by atoms with E-state index in [0.29, 0.717) is 12.6 Å². The number of rotatable bonds is 5. The van der Waals surface area contributed by atoms with Crippen LogP contribution in [-0.4, -0.2) is 29.1 Å². The molecule has 158 valence electrons. The normalized spacial score (nSPS) is 21.1. The topological polar surface area (TPSA) is 52.3 Å². The molecule has 1 saturated heterocycles. The van der Waals surface area contributed by atoms with Crippen LogP contribution in [0.25, 0.3) is 0 Å². The molecule has 2 aliphatic heterocycles. The van der Waals surface area contributed by atoms with Gasteiger partial charge in [-0.25, -0.2) is 4.38 Å². The Hall–Kier alpha value is -2.21. The number of hydrogen-bond acceptors (Lipinski definition) is 5. The molecule has 0 aromatic heterocycles. The Balaban J connectivity index is 1.89. The summed E-state index contributed by atoms with van der Waals surface area (Å²) >= 11 is 0. The third-order valence-corrected chi connectivity index (χ3v) is 8.03. The van der Waals surface area contributed by atoms with Crippen LogP contribution in [0.4, 0.5) is 0 Å². The third-order valence-electron chi connectivity index (χ3n) is 5.66. The predicted octanol–water partition coefficient (Wildman–Crippen LogP) is 4.40. The predicted molar refractivity (Wildman–Crippen MR) is 119 cm³/mol. The molecule has 1 spiro atoms. The van der Waals surface area contributed by atoms with Crippen molar-refractivity contribution in [3.63, 3.8) is 0 Å². The maximum atomic E-state index is 6.55. The van der Waals surface area contributed by atoms with Crippen LogP contribution in [-0.2, 0) is 18.7 Å². The van der Waals surface area contributed by atoms with Gasteiger partial charge in [-0.3, -0.25) is 0 Å². The zero-order valence-corrected chi connectivity index (χ0v) is 19.0. The van der Waals surface area contributed by atoms with Gasteiger partial charge in [0.25, 0.3) is 5.95 Å². The lowest BCUT2D eigenvalue weighted by Crippen LogP contribution is -2.54. The van der Waals surface area contributed by atoms with Gasteiger partial charge < -0.3 is 18.7 Å². The highest BCUT2D eigenvalue weighted by atomic mass is 31.1. The number of ether oxygens (including phenoxy) is 1. The molecule has 30 heavy (non-hydrogen) atoms. The van der Waals surface area contributed by atoms with Crippen LogP contribution in [0.5, 0.6) is 0 Å². The molecule has 1 fully saturated rings. The Kier molecular flexibility index (Phi) is 5.47. The summed E-state index contributed by atoms with van der Waals surface area (Å²) in [5.41, 5.74) is -1.19. The second-order valence-corrected chi connectivity index (χ2v) is 10.3. The Labute approximate surface area is 179 Å². The lowest BCUT2D eigenvalue weighted by molar-refractivity contribution is -0.376. The van der Waals surface area contributed by atoms with E-state index in [4.69, 9.17) is 23.8 Å². The summed E-state index contributed by atoms with van der Waals surface area (Å²) < 4.78 is 26.9. The molecule has 4 rings (SSSR count). The van der Waals surface area contributed by atoms with Crippen molar-refractivity contribution in [1.29, 1.82) is 0 Å². The Morgan fingerprint density at radius 1 is 0.900 bits per heavy atom. The van der Waals surface area contributed by atoms with E-state index in [9.17, 15) is 0 Å². The molecule has 6 nitrogen and oxygen atoms in total. The molecule has 8 heteroatoms. The van der Waals surface area contributed by atoms with Gasteiger partial charge in [-0.2, -0.15) is 0 Å². The second-order valence-electron chi connectivity index (χ2n) is 8.28. The van der Waals surface area contributed by atoms with Crippen LogP contribution in [0.1, 0.15) is 34.6 Å². The van der Waals surface area contributed by atoms with E-state index in [0.717, 1.165) is 10.6 Å². The minimum absolute atomic E-state index is 0.304. The summed E-state index contributed by atoms with van der Waals surface area (Å²) in [6, 6.07) is 20.6. The van der Waals surface area contributed by atoms with Crippen molar-refractivity contribution in [2.75, 3.05) is 6.61 Å². The maximum absolute atomic E-state index is 6.55. The van der Waals surface area contributed by atoms with Crippen molar-refractivity contribution >= 4 is 25.6 Å². The molecule has 0 saturated carbocycles. The van der Waals surface area contributed by atoms with Crippen LogP contribution in [0, 0.1) is 0 Å². The molecule has 0 aliphatic carbocycles. The van der Waals surface area contributed by atoms with Crippen LogP contribution in [0.3, 0.4) is 0 Å². The standard InChI is InChI=1S/C22H28BN2O4P/c1-6-26-20-17-24-25(23(27-20)28-21(2,3)22(4,5)29-23)30(18-13-9-7-10-14-18)19-15-11-8-12-16-19/h7-17H,6H2,1-5H3. The lowest BCUT2D eigenvalue weighted by atomic mass is 9.90. The molecule has 0 atom stereocenters. The second kappa shape index (κ2) is 7.80. The Morgan fingerprint density at radius 2 is 1.40 bits per heavy atom. The van der Waals surface area contributed by atoms with Crippen molar-refractivity contribution in [3.05, 3.63) is 72.8 Å². The van der Waals surface area contributed by atoms with Crippen molar-refractivity contribution < 1.29 is 23.1 Å². The maximum Gasteiger partial charge on any atom is 0.782 e. The van der Waals surface area contributed by atoms with Crippen LogP contribution >= 0.6 is 8.07 Å². The average molecular weight is 426 g/mol. The number of nitrogens with zero attached hydrogens (tertiary/aromatic N) is 2. The summed E-state index contributed by atoms with van der Waals surface area (Å²) in [6.45, 7) is 8.02. The first-order valence-corrected chi connectivity index (χ1v) is 11.5. The molecule has 2 heterocycles. The number of benzene rings is 2. The molecule has 0 N–H and O–H groups in total. The van der Waals surface area contributed by atoms with Gasteiger partial charge in [0.15, 0.2) is 6.20 Å². The molecule has 2 aliphatic rings. The fourth-order valence-corrected chi connectivity index (χ4v) is 5.80. The molecule has 0 unspecified atom stereocenters. The summed E-state index contributed by atoms with van der Waals surface area (Å²) in [7, 11) is -1.12. The average Bonchev–Trinajstić information content (AvgIpc) is 2.89. The van der Waals surface area contributed by atoms with E-state index in [1.165, 1.54) is 0 Å². The molecular formula is C22H28BN2O4P. The Morgan fingerprint density at radius 3 is 1.87 bits per heavy atom. The van der Waals surface area contributed by atoms with Crippen molar-refractivity contribution in [2.45, 2.75) is 45.8 Å². The van der Waals surface area contributed by atoms with Crippen LogP contribution < -0.4 is 10.6 Å². The van der Waals surface area contributed by atoms with Crippen molar-refractivity contribution in [3.8, 4) is 0 Å². The van der Waals surface area contributed by atoms with E-state index < -0.39 is 26.2 Å². The Bertz CT molecular complexity index is 908. The van der Waals surface area contributed by atoms with E-state index >= 15 is 0 Å². The minimum atomic E-state index is -2.40. The first kappa shape index (κ1) is 21.0. The van der Waals surface area contributed by atoms with Gasteiger partial charge in [-0.1, -0.05) is 41.5 Å². The smallest absolute Gasteiger partial charge is 0.578 e. The zero-order chi connectivity index (χ0) is 21.4. The molecule has 0 amide bonds. The number of hydrogen-bond donors (Lipinski definition) is 0. The fraction of sp³-hybridized carbons (Fsp3) is 0.364. The molecular weight excluding hydrogens is 398 g/mol. The molecule has 0 bridgehead atoms. The lowest BCUT2D eigenvalue weighted by Gasteiger charge is -2.35. The van der Waals surface area contributed by atoms with Gasteiger partial charge in [0.2, 0.25) is 8.07 Å². The SMILES string of the molecule is CCOC1=CN=[N+](P(c2ccccc2)c2ccccc2)[B-]2(O1)OC(C)(C)C(C)(C)O2. The summed E-state index contributed by atoms with van der Waals surface area (Å²) in [5.74, 6) is 0.304.